The molecule has 0 fully saturated rings. The van der Waals surface area contributed by atoms with Crippen LogP contribution in [-0.2, 0) is 57.8 Å². The lowest BCUT2D eigenvalue weighted by atomic mass is 10.1. The number of hydrogen-bond acceptors (Lipinski definition) is 9. The molecule has 0 unspecified atom stereocenters. The van der Waals surface area contributed by atoms with Gasteiger partial charge in [0.1, 0.15) is 52.0 Å². The molecule has 3 heterocycles. The number of hydrogen-bond donors (Lipinski definition) is 0. The number of fused-ring (bicyclic) bond motifs is 1. The predicted octanol–water partition coefficient (Wildman–Crippen LogP) is 24.9. The minimum atomic E-state index is -2.12. The maximum atomic E-state index is 12.7. The van der Waals surface area contributed by atoms with Crippen LogP contribution in [-0.4, -0.2) is 47.6 Å². The first-order chi connectivity index (χ1) is 50.6. The second-order valence-corrected chi connectivity index (χ2v) is 23.3. The predicted molar refractivity (Wildman–Crippen MR) is 413 cm³/mol. The van der Waals surface area contributed by atoms with Gasteiger partial charge in [-0.05, 0) is 181 Å². The number of allylic oxidation sites excluding steroid dienone is 1. The first-order valence-corrected chi connectivity index (χ1v) is 35.6. The van der Waals surface area contributed by atoms with E-state index in [2.05, 4.69) is 120 Å². The van der Waals surface area contributed by atoms with E-state index in [1.807, 2.05) is 122 Å². The molecule has 0 saturated heterocycles. The Kier molecular flexibility index (Phi) is 45.9. The van der Waals surface area contributed by atoms with Crippen molar-refractivity contribution in [3.8, 4) is 34.5 Å². The van der Waals surface area contributed by atoms with Gasteiger partial charge in [0.05, 0.1) is 54.4 Å². The van der Waals surface area contributed by atoms with Gasteiger partial charge in [0.15, 0.2) is 34.8 Å². The second kappa shape index (κ2) is 52.9. The molecule has 0 bridgehead atoms. The van der Waals surface area contributed by atoms with Gasteiger partial charge in [-0.15, -0.1) is 11.3 Å². The zero-order valence-corrected chi connectivity index (χ0v) is 64.1. The molecule has 18 heteroatoms. The van der Waals surface area contributed by atoms with Crippen LogP contribution in [0, 0.1) is 52.4 Å². The number of aromatic nitrogens is 1. The van der Waals surface area contributed by atoms with Crippen LogP contribution < -0.4 is 28.4 Å². The maximum absolute atomic E-state index is 12.7. The summed E-state index contributed by atoms with van der Waals surface area (Å²) in [5.74, 6) is -5.30. The molecule has 8 nitrogen and oxygen atoms in total. The third-order valence-corrected chi connectivity index (χ3v) is 16.2. The number of halogens is 9. The topological polar surface area (TPSA) is 81.4 Å². The molecule has 105 heavy (non-hydrogen) atoms. The number of thiophene rings is 1. The Morgan fingerprint density at radius 1 is 0.381 bits per heavy atom. The van der Waals surface area contributed by atoms with Gasteiger partial charge in [0, 0.05) is 52.7 Å². The Balaban J connectivity index is 0.000000398. The van der Waals surface area contributed by atoms with Crippen LogP contribution in [0.5, 0.6) is 34.5 Å². The van der Waals surface area contributed by atoms with Crippen molar-refractivity contribution in [2.24, 2.45) is 0 Å². The van der Waals surface area contributed by atoms with Gasteiger partial charge in [-0.3, -0.25) is 4.98 Å². The van der Waals surface area contributed by atoms with Crippen LogP contribution >= 0.6 is 11.3 Å². The Morgan fingerprint density at radius 3 is 1.41 bits per heavy atom. The van der Waals surface area contributed by atoms with Crippen LogP contribution in [0.15, 0.2) is 204 Å². The summed E-state index contributed by atoms with van der Waals surface area (Å²) in [5, 5.41) is 3.34. The molecule has 0 aliphatic rings. The first-order valence-electron chi connectivity index (χ1n) is 34.7. The Labute approximate surface area is 620 Å². The fraction of sp³-hybridized carbons (Fsp3) is 0.299. The summed E-state index contributed by atoms with van der Waals surface area (Å²) >= 11 is 1.82. The van der Waals surface area contributed by atoms with Crippen molar-refractivity contribution in [2.45, 2.75) is 133 Å². The smallest absolute Gasteiger partial charge is 0.200 e. The number of aryl methyl sites for hydroxylation is 8. The molecule has 566 valence electrons. The van der Waals surface area contributed by atoms with Crippen molar-refractivity contribution in [1.29, 1.82) is 0 Å². The van der Waals surface area contributed by atoms with E-state index in [-0.39, 0.29) is 6.42 Å². The van der Waals surface area contributed by atoms with Crippen LogP contribution in [0.25, 0.3) is 17.0 Å². The molecule has 0 radical (unpaired) electrons. The number of ether oxygens (including phenoxy) is 6. The van der Waals surface area contributed by atoms with Crippen molar-refractivity contribution in [3.63, 3.8) is 0 Å². The van der Waals surface area contributed by atoms with E-state index in [1.54, 1.807) is 48.9 Å². The molecular formula is C87H102F9NO7S. The van der Waals surface area contributed by atoms with E-state index >= 15 is 0 Å². The third-order valence-electron chi connectivity index (χ3n) is 15.2. The highest BCUT2D eigenvalue weighted by molar-refractivity contribution is 7.09. The Morgan fingerprint density at radius 2 is 0.943 bits per heavy atom. The lowest BCUT2D eigenvalue weighted by molar-refractivity contribution is 0.354. The normalized spacial score (nSPS) is 9.91. The highest BCUT2D eigenvalue weighted by Crippen LogP contribution is 2.29. The molecule has 0 aliphatic carbocycles. The quantitative estimate of drug-likeness (QED) is 0.0507. The van der Waals surface area contributed by atoms with Gasteiger partial charge in [-0.1, -0.05) is 154 Å². The summed E-state index contributed by atoms with van der Waals surface area (Å²) in [6, 6.07) is 53.8. The standard InChI is InChI=1S/C11H11N.3C10H14O2.C10H12.C8H5F5.2C8H8F2.C6H8O.C6H8S/c1-2-9-7-10-5-3-4-6-11(10)12-8-9;1-4-8-5-9(11-2)7-10(6-8)12-3;1-4-8-5-6-9(11-2)7-10(8)12-3;1-4-8-5-6-9(11-2)10(7-8)12-3;1-2-3-7-10-8-5-4-6-9-10;1-2-3-4(9)6(11)8(13)7(12)5(3)10;1-2-6-3-7(9)5-8(10)4-6;1-2-6-3-4-7(9)5-8(6)10;2*1-2-6-4-3-5-7-6/h3-8H,2H2,1H3;3*5-7H,4H2,1-3H3;3-9H,2H2,1H3;2H2,1H3;2*3-5H,2H2,1H3;2*3-5H,2H2,1H3/b;;;;7-3+;;;;;. The fourth-order valence-electron chi connectivity index (χ4n) is 9.05. The maximum Gasteiger partial charge on any atom is 0.200 e. The summed E-state index contributed by atoms with van der Waals surface area (Å²) in [4.78, 5) is 5.82. The monoisotopic (exact) mass is 1480 g/mol. The van der Waals surface area contributed by atoms with Gasteiger partial charge in [0.25, 0.3) is 0 Å². The zero-order chi connectivity index (χ0) is 78.1. The lowest BCUT2D eigenvalue weighted by Crippen LogP contribution is -2.05. The Hall–Kier alpha value is -9.94. The van der Waals surface area contributed by atoms with E-state index in [4.69, 9.17) is 32.8 Å². The summed E-state index contributed by atoms with van der Waals surface area (Å²) < 4.78 is 148. The van der Waals surface area contributed by atoms with Crippen molar-refractivity contribution in [2.75, 3.05) is 42.7 Å². The second-order valence-electron chi connectivity index (χ2n) is 22.2. The highest BCUT2D eigenvalue weighted by Gasteiger charge is 2.24. The molecule has 0 saturated carbocycles. The number of rotatable bonds is 17. The first kappa shape index (κ1) is 91.1. The summed E-state index contributed by atoms with van der Waals surface area (Å²) in [7, 11) is 9.94. The van der Waals surface area contributed by atoms with Crippen molar-refractivity contribution in [3.05, 3.63) is 307 Å². The summed E-state index contributed by atoms with van der Waals surface area (Å²) in [5.41, 5.74) is 7.82. The van der Waals surface area contributed by atoms with Crippen molar-refractivity contribution < 1.29 is 72.4 Å². The summed E-state index contributed by atoms with van der Waals surface area (Å²) in [6.07, 6.45) is 16.3. The van der Waals surface area contributed by atoms with E-state index < -0.39 is 57.9 Å². The molecule has 0 N–H and O–H groups in total. The molecular weight excluding hydrogens is 1370 g/mol. The average molecular weight is 1480 g/mol. The van der Waals surface area contributed by atoms with Crippen LogP contribution in [0.3, 0.4) is 0 Å². The minimum absolute atomic E-state index is 0.244. The lowest BCUT2D eigenvalue weighted by Gasteiger charge is -2.07. The molecule has 11 aromatic rings. The van der Waals surface area contributed by atoms with Crippen LogP contribution in [0.4, 0.5) is 39.5 Å². The number of nitrogens with zero attached hydrogens (tertiary/aromatic N) is 1. The number of methoxy groups -OCH3 is 6. The van der Waals surface area contributed by atoms with Gasteiger partial charge < -0.3 is 32.8 Å². The van der Waals surface area contributed by atoms with E-state index in [0.29, 0.717) is 24.0 Å². The molecule has 11 rings (SSSR count). The highest BCUT2D eigenvalue weighted by atomic mass is 32.1. The van der Waals surface area contributed by atoms with E-state index in [0.717, 1.165) is 96.4 Å². The third kappa shape index (κ3) is 34.0. The van der Waals surface area contributed by atoms with Gasteiger partial charge >= 0.3 is 0 Å². The number of para-hydroxylation sites is 1. The van der Waals surface area contributed by atoms with E-state index in [1.165, 1.54) is 75.7 Å². The molecule has 0 aliphatic heterocycles. The average Bonchev–Trinajstić information content (AvgIpc) is 1.01. The van der Waals surface area contributed by atoms with Crippen LogP contribution in [0.2, 0.25) is 0 Å². The minimum Gasteiger partial charge on any atom is -0.497 e. The van der Waals surface area contributed by atoms with Gasteiger partial charge in [0.2, 0.25) is 5.82 Å². The number of furan rings is 1. The van der Waals surface area contributed by atoms with Gasteiger partial charge in [-0.25, -0.2) is 39.5 Å². The zero-order valence-electron chi connectivity index (χ0n) is 63.3. The largest absolute Gasteiger partial charge is 0.497 e. The van der Waals surface area contributed by atoms with E-state index in [9.17, 15) is 39.5 Å². The molecule has 0 amide bonds. The molecule has 3 aromatic heterocycles. The van der Waals surface area contributed by atoms with Crippen molar-refractivity contribution in [1.82, 2.24) is 4.98 Å². The summed E-state index contributed by atoms with van der Waals surface area (Å²) in [6.45, 7) is 19.8. The number of pyridine rings is 1. The SMILES string of the molecule is CC/C=C/c1ccccc1.CCc1c(F)c(F)c(F)c(F)c1F.CCc1cc(F)cc(F)c1.CCc1cc(OC)cc(OC)c1.CCc1ccc(F)cc1F.CCc1ccc(OC)c(OC)c1.CCc1ccc(OC)cc1OC.CCc1ccco1.CCc1cccs1.CCc1cnc2ccccc2c1. The van der Waals surface area contributed by atoms with Crippen LogP contribution in [0.1, 0.15) is 131 Å². The molecule has 0 atom stereocenters. The fourth-order valence-corrected chi connectivity index (χ4v) is 9.71. The van der Waals surface area contributed by atoms with Gasteiger partial charge in [-0.2, -0.15) is 0 Å². The van der Waals surface area contributed by atoms with Crippen molar-refractivity contribution >= 4 is 28.3 Å². The molecule has 0 spiro atoms. The number of benzene rings is 8. The Bertz CT molecular complexity index is 4000. The molecule has 8 aromatic carbocycles.